The molecular formula is C12H12N2O3S2. The molecule has 2 aromatic rings. The number of hydrogen-bond donors (Lipinski definition) is 2. The van der Waals surface area contributed by atoms with Gasteiger partial charge in [-0.2, -0.15) is 0 Å². The van der Waals surface area contributed by atoms with Crippen LogP contribution in [0.1, 0.15) is 42.2 Å². The van der Waals surface area contributed by atoms with Crippen molar-refractivity contribution in [2.24, 2.45) is 0 Å². The first-order valence-electron chi connectivity index (χ1n) is 5.53. The van der Waals surface area contributed by atoms with Crippen LogP contribution in [0, 0.1) is 6.92 Å². The van der Waals surface area contributed by atoms with Crippen molar-refractivity contribution in [1.29, 1.82) is 0 Å². The van der Waals surface area contributed by atoms with Gasteiger partial charge in [-0.1, -0.05) is 0 Å². The van der Waals surface area contributed by atoms with Gasteiger partial charge in [0, 0.05) is 9.75 Å². The maximum absolute atomic E-state index is 11.9. The van der Waals surface area contributed by atoms with Gasteiger partial charge in [0.25, 0.3) is 5.91 Å². The lowest BCUT2D eigenvalue weighted by atomic mass is 10.2. The van der Waals surface area contributed by atoms with Crippen LogP contribution in [-0.4, -0.2) is 22.0 Å². The Morgan fingerprint density at radius 3 is 2.63 bits per heavy atom. The molecule has 1 amide bonds. The highest BCUT2D eigenvalue weighted by molar-refractivity contribution is 7.15. The number of carbonyl (C=O) groups excluding carboxylic acids is 1. The van der Waals surface area contributed by atoms with E-state index >= 15 is 0 Å². The molecule has 1 atom stereocenters. The van der Waals surface area contributed by atoms with Gasteiger partial charge >= 0.3 is 5.97 Å². The Morgan fingerprint density at radius 2 is 2.11 bits per heavy atom. The van der Waals surface area contributed by atoms with Crippen molar-refractivity contribution in [3.05, 3.63) is 38.0 Å². The third-order valence-electron chi connectivity index (χ3n) is 2.45. The summed E-state index contributed by atoms with van der Waals surface area (Å²) >= 11 is 2.49. The molecule has 0 aromatic carbocycles. The monoisotopic (exact) mass is 296 g/mol. The van der Waals surface area contributed by atoms with Crippen LogP contribution in [0.25, 0.3) is 0 Å². The molecule has 0 aliphatic rings. The van der Waals surface area contributed by atoms with Crippen molar-refractivity contribution < 1.29 is 14.7 Å². The van der Waals surface area contributed by atoms with Crippen molar-refractivity contribution in [2.75, 3.05) is 0 Å². The molecule has 0 saturated carbocycles. The summed E-state index contributed by atoms with van der Waals surface area (Å²) in [5.41, 5.74) is 0. The van der Waals surface area contributed by atoms with E-state index < -0.39 is 5.97 Å². The molecule has 0 bridgehead atoms. The molecule has 0 saturated heterocycles. The van der Waals surface area contributed by atoms with Gasteiger partial charge in [-0.25, -0.2) is 9.78 Å². The summed E-state index contributed by atoms with van der Waals surface area (Å²) in [7, 11) is 0. The Bertz CT molecular complexity index is 618. The predicted molar refractivity (Wildman–Crippen MR) is 74.0 cm³/mol. The molecule has 0 fully saturated rings. The van der Waals surface area contributed by atoms with E-state index in [2.05, 4.69) is 10.3 Å². The number of amides is 1. The van der Waals surface area contributed by atoms with Crippen LogP contribution in [0.5, 0.6) is 0 Å². The van der Waals surface area contributed by atoms with Gasteiger partial charge in [0.05, 0.1) is 12.2 Å². The van der Waals surface area contributed by atoms with Gasteiger partial charge < -0.3 is 10.4 Å². The Morgan fingerprint density at radius 1 is 1.37 bits per heavy atom. The summed E-state index contributed by atoms with van der Waals surface area (Å²) in [6.45, 7) is 3.90. The summed E-state index contributed by atoms with van der Waals surface area (Å²) in [6, 6.07) is 3.86. The van der Waals surface area contributed by atoms with Crippen molar-refractivity contribution in [3.63, 3.8) is 0 Å². The summed E-state index contributed by atoms with van der Waals surface area (Å²) in [5.74, 6) is -1.42. The van der Waals surface area contributed by atoms with E-state index in [9.17, 15) is 9.59 Å². The van der Waals surface area contributed by atoms with Gasteiger partial charge in [0.15, 0.2) is 0 Å². The number of rotatable bonds is 4. The average molecular weight is 296 g/mol. The fraction of sp³-hybridized carbons (Fsp3) is 0.250. The highest BCUT2D eigenvalue weighted by Gasteiger charge is 2.17. The normalized spacial score (nSPS) is 12.1. The average Bonchev–Trinajstić information content (AvgIpc) is 2.96. The van der Waals surface area contributed by atoms with Crippen LogP contribution in [0.3, 0.4) is 0 Å². The van der Waals surface area contributed by atoms with E-state index in [1.54, 1.807) is 11.3 Å². The second-order valence-corrected chi connectivity index (χ2v) is 6.33. The lowest BCUT2D eigenvalue weighted by molar-refractivity contribution is 0.0696. The van der Waals surface area contributed by atoms with Crippen molar-refractivity contribution >= 4 is 34.6 Å². The second-order valence-electron chi connectivity index (χ2n) is 3.98. The van der Waals surface area contributed by atoms with Gasteiger partial charge in [0.1, 0.15) is 4.88 Å². The lowest BCUT2D eigenvalue weighted by Crippen LogP contribution is -2.25. The van der Waals surface area contributed by atoms with Gasteiger partial charge in [-0.3, -0.25) is 4.79 Å². The van der Waals surface area contributed by atoms with Crippen LogP contribution < -0.4 is 5.32 Å². The third kappa shape index (κ3) is 3.18. The molecule has 0 radical (unpaired) electrons. The van der Waals surface area contributed by atoms with Crippen LogP contribution in [-0.2, 0) is 0 Å². The molecule has 2 N–H and O–H groups in total. The quantitative estimate of drug-likeness (QED) is 0.909. The first-order chi connectivity index (χ1) is 8.97. The number of aromatic carboxylic acids is 1. The SMILES string of the molecule is Cc1ccc(C(C)NC(=O)c2cnc(C(=O)O)s2)s1. The molecule has 1 unspecified atom stereocenters. The van der Waals surface area contributed by atoms with Crippen LogP contribution in [0.4, 0.5) is 0 Å². The maximum Gasteiger partial charge on any atom is 0.365 e. The number of nitrogens with one attached hydrogen (secondary N) is 1. The summed E-state index contributed by atoms with van der Waals surface area (Å²) < 4.78 is 0. The van der Waals surface area contributed by atoms with Crippen LogP contribution in [0.15, 0.2) is 18.3 Å². The Kier molecular flexibility index (Phi) is 3.96. The fourth-order valence-corrected chi connectivity index (χ4v) is 3.04. The summed E-state index contributed by atoms with van der Waals surface area (Å²) in [6.07, 6.45) is 1.29. The molecule has 0 aliphatic carbocycles. The molecule has 2 rings (SSSR count). The Balaban J connectivity index is 2.06. The first kappa shape index (κ1) is 13.7. The number of aromatic nitrogens is 1. The van der Waals surface area contributed by atoms with Gasteiger partial charge in [-0.15, -0.1) is 22.7 Å². The molecule has 7 heteroatoms. The number of carboxylic acid groups (broad SMARTS) is 1. The van der Waals surface area contributed by atoms with E-state index in [1.807, 2.05) is 26.0 Å². The summed E-state index contributed by atoms with van der Waals surface area (Å²) in [5, 5.41) is 11.5. The second kappa shape index (κ2) is 5.50. The number of carbonyl (C=O) groups is 2. The molecular weight excluding hydrogens is 284 g/mol. The largest absolute Gasteiger partial charge is 0.476 e. The van der Waals surface area contributed by atoms with Crippen LogP contribution >= 0.6 is 22.7 Å². The molecule has 0 aliphatic heterocycles. The minimum Gasteiger partial charge on any atom is -0.476 e. The molecule has 5 nitrogen and oxygen atoms in total. The Labute approximate surface area is 117 Å². The van der Waals surface area contributed by atoms with Gasteiger partial charge in [-0.05, 0) is 26.0 Å². The van der Waals surface area contributed by atoms with E-state index in [4.69, 9.17) is 5.11 Å². The van der Waals surface area contributed by atoms with Gasteiger partial charge in [0.2, 0.25) is 5.01 Å². The van der Waals surface area contributed by atoms with E-state index in [1.165, 1.54) is 11.1 Å². The molecule has 2 heterocycles. The smallest absolute Gasteiger partial charge is 0.365 e. The number of aryl methyl sites for hydroxylation is 1. The highest BCUT2D eigenvalue weighted by atomic mass is 32.1. The maximum atomic E-state index is 11.9. The zero-order valence-electron chi connectivity index (χ0n) is 10.3. The van der Waals surface area contributed by atoms with E-state index in [0.717, 1.165) is 16.2 Å². The Hall–Kier alpha value is -1.73. The highest BCUT2D eigenvalue weighted by Crippen LogP contribution is 2.23. The van der Waals surface area contributed by atoms with E-state index in [-0.39, 0.29) is 17.0 Å². The molecule has 19 heavy (non-hydrogen) atoms. The first-order valence-corrected chi connectivity index (χ1v) is 7.17. The number of carboxylic acids is 1. The summed E-state index contributed by atoms with van der Waals surface area (Å²) in [4.78, 5) is 28.9. The molecule has 100 valence electrons. The minimum atomic E-state index is -1.12. The fourth-order valence-electron chi connectivity index (χ4n) is 1.50. The number of thiazole rings is 1. The number of nitrogens with zero attached hydrogens (tertiary/aromatic N) is 1. The minimum absolute atomic E-state index is 0.0789. The topological polar surface area (TPSA) is 79.3 Å². The number of thiophene rings is 1. The third-order valence-corrected chi connectivity index (χ3v) is 4.62. The zero-order chi connectivity index (χ0) is 14.0. The number of hydrogen-bond acceptors (Lipinski definition) is 5. The predicted octanol–water partition coefficient (Wildman–Crippen LogP) is 2.70. The van der Waals surface area contributed by atoms with E-state index in [0.29, 0.717) is 4.88 Å². The molecule has 2 aromatic heterocycles. The lowest BCUT2D eigenvalue weighted by Gasteiger charge is -2.10. The van der Waals surface area contributed by atoms with Crippen LogP contribution in [0.2, 0.25) is 0 Å². The van der Waals surface area contributed by atoms with Crippen molar-refractivity contribution in [3.8, 4) is 0 Å². The standard InChI is InChI=1S/C12H12N2O3S2/c1-6-3-4-8(18-6)7(2)14-10(15)9-5-13-11(19-9)12(16)17/h3-5,7H,1-2H3,(H,14,15)(H,16,17). The molecule has 0 spiro atoms. The van der Waals surface area contributed by atoms with Crippen molar-refractivity contribution in [1.82, 2.24) is 10.3 Å². The van der Waals surface area contributed by atoms with Crippen molar-refractivity contribution in [2.45, 2.75) is 19.9 Å². The zero-order valence-corrected chi connectivity index (χ0v) is 12.0.